The van der Waals surface area contributed by atoms with Gasteiger partial charge in [0.05, 0.1) is 19.1 Å². The molecule has 2 nitrogen and oxygen atoms in total. The third-order valence-electron chi connectivity index (χ3n) is 5.95. The van der Waals surface area contributed by atoms with Gasteiger partial charge in [0, 0.05) is 31.1 Å². The standard InChI is InChI=1S/C24H20N2SSi/c1-13-20-16-9-14-7-5-6-8-15(14)10-17(16)23-21-18(25-12-26-23)11-19(28(2,3)4)24(27-13)22(20)21/h5-12H,1-4H3. The SMILES string of the molecule is Cc1sc2c([Si](C)(C)C)cc3ncnc4c5cc6ccccc6cc5c1c2c34. The van der Waals surface area contributed by atoms with Crippen LogP contribution in [0.1, 0.15) is 4.88 Å². The molecule has 28 heavy (non-hydrogen) atoms. The van der Waals surface area contributed by atoms with Gasteiger partial charge in [-0.15, -0.1) is 11.3 Å². The van der Waals surface area contributed by atoms with Crippen LogP contribution in [0.15, 0.2) is 48.8 Å². The van der Waals surface area contributed by atoms with Crippen molar-refractivity contribution in [3.05, 3.63) is 53.7 Å². The fourth-order valence-corrected chi connectivity index (χ4v) is 8.20. The van der Waals surface area contributed by atoms with E-state index in [-0.39, 0.29) is 0 Å². The highest BCUT2D eigenvalue weighted by atomic mass is 32.1. The molecule has 4 aromatic carbocycles. The van der Waals surface area contributed by atoms with E-state index in [0.717, 1.165) is 11.0 Å². The summed E-state index contributed by atoms with van der Waals surface area (Å²) in [6.45, 7) is 9.56. The van der Waals surface area contributed by atoms with E-state index in [9.17, 15) is 0 Å². The van der Waals surface area contributed by atoms with Crippen LogP contribution in [0.5, 0.6) is 0 Å². The van der Waals surface area contributed by atoms with Crippen molar-refractivity contribution in [1.29, 1.82) is 0 Å². The minimum Gasteiger partial charge on any atom is -0.236 e. The quantitative estimate of drug-likeness (QED) is 0.178. The summed E-state index contributed by atoms with van der Waals surface area (Å²) in [4.78, 5) is 10.9. The zero-order valence-electron chi connectivity index (χ0n) is 16.4. The Morgan fingerprint density at radius 1 is 0.821 bits per heavy atom. The first kappa shape index (κ1) is 16.4. The maximum Gasteiger partial charge on any atom is 0.116 e. The van der Waals surface area contributed by atoms with Gasteiger partial charge in [-0.25, -0.2) is 9.97 Å². The summed E-state index contributed by atoms with van der Waals surface area (Å²) in [6.07, 6.45) is 1.74. The molecule has 0 aliphatic carbocycles. The number of nitrogens with zero attached hydrogens (tertiary/aromatic N) is 2. The molecule has 4 heteroatoms. The van der Waals surface area contributed by atoms with Gasteiger partial charge in [0.2, 0.25) is 0 Å². The maximum absolute atomic E-state index is 4.77. The summed E-state index contributed by atoms with van der Waals surface area (Å²) in [7, 11) is -1.50. The van der Waals surface area contributed by atoms with Crippen molar-refractivity contribution in [2.24, 2.45) is 0 Å². The summed E-state index contributed by atoms with van der Waals surface area (Å²) >= 11 is 1.95. The zero-order chi connectivity index (χ0) is 19.2. The lowest BCUT2D eigenvalue weighted by Crippen LogP contribution is -2.37. The molecule has 0 atom stereocenters. The van der Waals surface area contributed by atoms with E-state index in [4.69, 9.17) is 9.97 Å². The van der Waals surface area contributed by atoms with Gasteiger partial charge in [0.25, 0.3) is 0 Å². The predicted octanol–water partition coefficient (Wildman–Crippen LogP) is 6.60. The van der Waals surface area contributed by atoms with Crippen LogP contribution in [-0.4, -0.2) is 18.0 Å². The highest BCUT2D eigenvalue weighted by Crippen LogP contribution is 2.45. The first-order valence-corrected chi connectivity index (χ1v) is 14.0. The van der Waals surface area contributed by atoms with Gasteiger partial charge in [0.1, 0.15) is 6.33 Å². The van der Waals surface area contributed by atoms with E-state index in [1.54, 1.807) is 6.33 Å². The molecule has 6 aromatic rings. The molecule has 2 aromatic heterocycles. The molecule has 0 spiro atoms. The molecule has 136 valence electrons. The van der Waals surface area contributed by atoms with Crippen molar-refractivity contribution >= 4 is 78.0 Å². The van der Waals surface area contributed by atoms with Crippen LogP contribution in [0.3, 0.4) is 0 Å². The number of fused-ring (bicyclic) bond motifs is 4. The summed E-state index contributed by atoms with van der Waals surface area (Å²) in [5.74, 6) is 0. The Kier molecular flexibility index (Phi) is 3.09. The smallest absolute Gasteiger partial charge is 0.116 e. The van der Waals surface area contributed by atoms with Crippen LogP contribution in [0.4, 0.5) is 0 Å². The Balaban J connectivity index is 1.99. The minimum absolute atomic E-state index is 1.09. The Labute approximate surface area is 168 Å². The number of benzene rings is 4. The first-order chi connectivity index (χ1) is 13.4. The van der Waals surface area contributed by atoms with Crippen molar-refractivity contribution < 1.29 is 0 Å². The summed E-state index contributed by atoms with van der Waals surface area (Å²) < 4.78 is 1.45. The molecular formula is C24H20N2SSi. The second-order valence-corrected chi connectivity index (χ2v) is 15.0. The van der Waals surface area contributed by atoms with E-state index in [1.807, 2.05) is 11.3 Å². The highest BCUT2D eigenvalue weighted by molar-refractivity contribution is 7.22. The van der Waals surface area contributed by atoms with Gasteiger partial charge < -0.3 is 0 Å². The Bertz CT molecular complexity index is 1560. The number of thiophene rings is 1. The van der Waals surface area contributed by atoms with Gasteiger partial charge in [-0.2, -0.15) is 0 Å². The topological polar surface area (TPSA) is 25.8 Å². The van der Waals surface area contributed by atoms with E-state index >= 15 is 0 Å². The molecule has 2 heterocycles. The van der Waals surface area contributed by atoms with Crippen LogP contribution in [0, 0.1) is 6.92 Å². The third-order valence-corrected chi connectivity index (χ3v) is 9.28. The van der Waals surface area contributed by atoms with Crippen LogP contribution in [0.2, 0.25) is 19.6 Å². The van der Waals surface area contributed by atoms with Crippen LogP contribution in [-0.2, 0) is 0 Å². The Hall–Kier alpha value is -2.56. The zero-order valence-corrected chi connectivity index (χ0v) is 18.2. The summed E-state index contributed by atoms with van der Waals surface area (Å²) in [6, 6.07) is 15.6. The lowest BCUT2D eigenvalue weighted by molar-refractivity contribution is 1.27. The third kappa shape index (κ3) is 2.02. The van der Waals surface area contributed by atoms with Gasteiger partial charge in [0.15, 0.2) is 0 Å². The average Bonchev–Trinajstić information content (AvgIpc) is 3.02. The van der Waals surface area contributed by atoms with E-state index in [2.05, 4.69) is 69.0 Å². The second kappa shape index (κ2) is 5.28. The van der Waals surface area contributed by atoms with Crippen molar-refractivity contribution in [2.45, 2.75) is 26.6 Å². The Morgan fingerprint density at radius 3 is 2.25 bits per heavy atom. The number of rotatable bonds is 1. The van der Waals surface area contributed by atoms with Gasteiger partial charge in [-0.05, 0) is 46.5 Å². The molecule has 0 amide bonds. The predicted molar refractivity (Wildman–Crippen MR) is 126 cm³/mol. The highest BCUT2D eigenvalue weighted by Gasteiger charge is 2.26. The van der Waals surface area contributed by atoms with Crippen LogP contribution in [0.25, 0.3) is 53.4 Å². The number of aryl methyl sites for hydroxylation is 1. The maximum atomic E-state index is 4.77. The molecule has 0 unspecified atom stereocenters. The number of hydrogen-bond donors (Lipinski definition) is 0. The monoisotopic (exact) mass is 396 g/mol. The van der Waals surface area contributed by atoms with E-state index < -0.39 is 8.07 Å². The molecular weight excluding hydrogens is 376 g/mol. The fourth-order valence-electron chi connectivity index (χ4n) is 4.66. The van der Waals surface area contributed by atoms with Gasteiger partial charge in [-0.1, -0.05) is 43.9 Å². The van der Waals surface area contributed by atoms with E-state index in [0.29, 0.717) is 0 Å². The minimum atomic E-state index is -1.50. The molecule has 6 rings (SSSR count). The largest absolute Gasteiger partial charge is 0.236 e. The average molecular weight is 397 g/mol. The van der Waals surface area contributed by atoms with Gasteiger partial charge >= 0.3 is 0 Å². The van der Waals surface area contributed by atoms with Gasteiger partial charge in [-0.3, -0.25) is 0 Å². The molecule has 0 N–H and O–H groups in total. The van der Waals surface area contributed by atoms with Crippen LogP contribution < -0.4 is 5.19 Å². The normalized spacial score (nSPS) is 13.0. The fraction of sp³-hybridized carbons (Fsp3) is 0.167. The lowest BCUT2D eigenvalue weighted by atomic mass is 9.94. The van der Waals surface area contributed by atoms with Crippen molar-refractivity contribution in [3.63, 3.8) is 0 Å². The summed E-state index contributed by atoms with van der Waals surface area (Å²) in [5, 5.41) is 10.6. The number of aromatic nitrogens is 2. The second-order valence-electron chi connectivity index (χ2n) is 8.77. The molecule has 0 fully saturated rings. The molecule has 0 saturated carbocycles. The molecule has 0 bridgehead atoms. The molecule has 0 radical (unpaired) electrons. The Morgan fingerprint density at radius 2 is 1.54 bits per heavy atom. The van der Waals surface area contributed by atoms with E-state index in [1.165, 1.54) is 52.5 Å². The van der Waals surface area contributed by atoms with Crippen molar-refractivity contribution in [1.82, 2.24) is 9.97 Å². The molecule has 0 aliphatic heterocycles. The van der Waals surface area contributed by atoms with Crippen molar-refractivity contribution in [3.8, 4) is 0 Å². The molecule has 0 saturated heterocycles. The first-order valence-electron chi connectivity index (χ1n) is 9.68. The molecule has 0 aliphatic rings. The summed E-state index contributed by atoms with van der Waals surface area (Å²) in [5.41, 5.74) is 2.18. The van der Waals surface area contributed by atoms with Crippen LogP contribution >= 0.6 is 11.3 Å². The van der Waals surface area contributed by atoms with Crippen molar-refractivity contribution in [2.75, 3.05) is 0 Å². The lowest BCUT2D eigenvalue weighted by Gasteiger charge is -2.20. The number of hydrogen-bond acceptors (Lipinski definition) is 3.